The van der Waals surface area contributed by atoms with Crippen molar-refractivity contribution in [3.8, 4) is 89.0 Å². The van der Waals surface area contributed by atoms with E-state index in [1.54, 1.807) is 0 Å². The van der Waals surface area contributed by atoms with Gasteiger partial charge in [0.1, 0.15) is 22.3 Å². The molecule has 2 nitrogen and oxygen atoms in total. The van der Waals surface area contributed by atoms with Gasteiger partial charge >= 0.3 is 0 Å². The van der Waals surface area contributed by atoms with E-state index in [1.165, 1.54) is 111 Å². The van der Waals surface area contributed by atoms with Crippen LogP contribution in [0.25, 0.3) is 133 Å². The number of para-hydroxylation sites is 2. The Morgan fingerprint density at radius 1 is 0.270 bits per heavy atom. The molecule has 0 amide bonds. The lowest BCUT2D eigenvalue weighted by Gasteiger charge is -2.31. The first-order valence-electron chi connectivity index (χ1n) is 25.9. The van der Waals surface area contributed by atoms with Gasteiger partial charge in [0.25, 0.3) is 0 Å². The van der Waals surface area contributed by atoms with Gasteiger partial charge in [0.05, 0.1) is 0 Å². The van der Waals surface area contributed by atoms with Gasteiger partial charge in [-0.3, -0.25) is 0 Å². The van der Waals surface area contributed by atoms with Crippen molar-refractivity contribution in [3.05, 3.63) is 253 Å². The van der Waals surface area contributed by atoms with Crippen molar-refractivity contribution in [2.24, 2.45) is 0 Å². The first kappa shape index (κ1) is 42.7. The summed E-state index contributed by atoms with van der Waals surface area (Å²) in [5, 5.41) is 4.55. The van der Waals surface area contributed by atoms with E-state index in [1.807, 2.05) is 0 Å². The van der Waals surface area contributed by atoms with Gasteiger partial charge in [-0.25, -0.2) is 0 Å². The van der Waals surface area contributed by atoms with Gasteiger partial charge < -0.3 is 8.83 Å². The van der Waals surface area contributed by atoms with Crippen molar-refractivity contribution < 1.29 is 8.83 Å². The summed E-state index contributed by atoms with van der Waals surface area (Å²) in [5.74, 6) is 0. The third kappa shape index (κ3) is 6.18. The topological polar surface area (TPSA) is 26.3 Å². The molecule has 0 fully saturated rings. The predicted octanol–water partition coefficient (Wildman–Crippen LogP) is 20.1. The largest absolute Gasteiger partial charge is 0.455 e. The highest BCUT2D eigenvalue weighted by Crippen LogP contribution is 2.63. The van der Waals surface area contributed by atoms with Crippen LogP contribution in [0.15, 0.2) is 239 Å². The smallest absolute Gasteiger partial charge is 0.144 e. The third-order valence-electron chi connectivity index (χ3n) is 16.6. The molecule has 0 aliphatic heterocycles. The van der Waals surface area contributed by atoms with Crippen molar-refractivity contribution in [2.45, 2.75) is 38.5 Å². The van der Waals surface area contributed by atoms with Crippen LogP contribution in [0.1, 0.15) is 49.9 Å². The second-order valence-electron chi connectivity index (χ2n) is 21.5. The van der Waals surface area contributed by atoms with E-state index in [9.17, 15) is 0 Å². The zero-order chi connectivity index (χ0) is 49.5. The standard InChI is InChI=1S/C72H50O2/c1-71(2)59-41-57(51-37-47(43-21-9-5-10-22-43)35-48(38-51)44-23-11-6-12-24-44)63-53-29-17-19-31-61(53)73-69(63)65(59)55-33-34-56-66-60(72(3,4)68(56)67(55)71)42-58(64-54-30-18-20-32-62(54)74-70(64)66)52-39-49(45-25-13-7-14-26-45)36-50(40-52)46-27-15-8-16-28-46/h5-42H,1-4H3. The SMILES string of the molecule is CC1(C)c2cc(-c3cc(-c4ccccc4)cc(-c4ccccc4)c3)c3c(oc4ccccc43)c2-c2ccc3c(c21)C(C)(C)c1cc(-c2cc(-c4ccccc4)cc(-c4ccccc4)c2)c2c(oc4ccccc42)c1-3. The fourth-order valence-corrected chi connectivity index (χ4v) is 13.1. The third-order valence-corrected chi connectivity index (χ3v) is 16.6. The van der Waals surface area contributed by atoms with E-state index in [-0.39, 0.29) is 0 Å². The van der Waals surface area contributed by atoms with Gasteiger partial charge in [0.15, 0.2) is 0 Å². The lowest BCUT2D eigenvalue weighted by atomic mass is 9.72. The second-order valence-corrected chi connectivity index (χ2v) is 21.5. The van der Waals surface area contributed by atoms with Crippen LogP contribution in [0.2, 0.25) is 0 Å². The number of benzene rings is 11. The van der Waals surface area contributed by atoms with E-state index in [2.05, 4.69) is 258 Å². The molecular formula is C72H50O2. The Balaban J connectivity index is 0.978. The fourth-order valence-electron chi connectivity index (χ4n) is 13.1. The molecule has 2 heterocycles. The van der Waals surface area contributed by atoms with E-state index in [4.69, 9.17) is 8.83 Å². The summed E-state index contributed by atoms with van der Waals surface area (Å²) >= 11 is 0. The minimum Gasteiger partial charge on any atom is -0.455 e. The van der Waals surface area contributed by atoms with Gasteiger partial charge in [-0.1, -0.05) is 198 Å². The van der Waals surface area contributed by atoms with Crippen LogP contribution in [0.4, 0.5) is 0 Å². The Hall–Kier alpha value is -8.98. The highest BCUT2D eigenvalue weighted by atomic mass is 16.3. The van der Waals surface area contributed by atoms with Crippen LogP contribution in [0.3, 0.4) is 0 Å². The quantitative estimate of drug-likeness (QED) is 0.166. The summed E-state index contributed by atoms with van der Waals surface area (Å²) in [5.41, 5.74) is 27.2. The van der Waals surface area contributed by atoms with Crippen LogP contribution in [0.5, 0.6) is 0 Å². The zero-order valence-corrected chi connectivity index (χ0v) is 41.8. The molecule has 0 N–H and O–H groups in total. The predicted molar refractivity (Wildman–Crippen MR) is 309 cm³/mol. The molecule has 0 radical (unpaired) electrons. The molecule has 15 rings (SSSR count). The van der Waals surface area contributed by atoms with Gasteiger partial charge in [0.2, 0.25) is 0 Å². The van der Waals surface area contributed by atoms with Crippen molar-refractivity contribution in [1.29, 1.82) is 0 Å². The van der Waals surface area contributed by atoms with E-state index >= 15 is 0 Å². The molecule has 0 unspecified atom stereocenters. The average Bonchev–Trinajstić information content (AvgIpc) is 4.19. The normalized spacial score (nSPS) is 13.9. The van der Waals surface area contributed by atoms with Gasteiger partial charge in [-0.05, 0) is 161 Å². The first-order valence-corrected chi connectivity index (χ1v) is 25.9. The summed E-state index contributed by atoms with van der Waals surface area (Å²) in [6, 6.07) is 84.3. The van der Waals surface area contributed by atoms with Crippen LogP contribution in [-0.4, -0.2) is 0 Å². The Morgan fingerprint density at radius 2 is 0.568 bits per heavy atom. The molecule has 0 saturated heterocycles. The first-order chi connectivity index (χ1) is 36.2. The van der Waals surface area contributed by atoms with Gasteiger partial charge in [-0.2, -0.15) is 0 Å². The molecule has 0 saturated carbocycles. The lowest BCUT2D eigenvalue weighted by molar-refractivity contribution is 0.600. The Morgan fingerprint density at radius 3 is 0.905 bits per heavy atom. The molecular weight excluding hydrogens is 897 g/mol. The summed E-state index contributed by atoms with van der Waals surface area (Å²) in [6.07, 6.45) is 0. The number of fused-ring (bicyclic) bond motifs is 15. The summed E-state index contributed by atoms with van der Waals surface area (Å²) in [4.78, 5) is 0. The molecule has 2 heteroatoms. The maximum absolute atomic E-state index is 7.19. The number of hydrogen-bond acceptors (Lipinski definition) is 2. The molecule has 11 aromatic carbocycles. The molecule has 0 bridgehead atoms. The minimum atomic E-state index is -0.402. The average molecular weight is 947 g/mol. The maximum atomic E-state index is 7.19. The molecule has 0 atom stereocenters. The summed E-state index contributed by atoms with van der Waals surface area (Å²) < 4.78 is 14.4. The number of hydrogen-bond donors (Lipinski definition) is 0. The van der Waals surface area contributed by atoms with Crippen LogP contribution < -0.4 is 0 Å². The molecule has 0 spiro atoms. The molecule has 2 aliphatic rings. The second kappa shape index (κ2) is 15.8. The van der Waals surface area contributed by atoms with Crippen molar-refractivity contribution >= 4 is 43.9 Å². The zero-order valence-electron chi connectivity index (χ0n) is 41.8. The molecule has 2 aromatic heterocycles. The van der Waals surface area contributed by atoms with Gasteiger partial charge in [-0.15, -0.1) is 0 Å². The monoisotopic (exact) mass is 946 g/mol. The summed E-state index contributed by atoms with van der Waals surface area (Å²) in [7, 11) is 0. The van der Waals surface area contributed by atoms with Crippen molar-refractivity contribution in [1.82, 2.24) is 0 Å². The lowest BCUT2D eigenvalue weighted by Crippen LogP contribution is -2.24. The van der Waals surface area contributed by atoms with E-state index in [0.717, 1.165) is 43.9 Å². The molecule has 13 aromatic rings. The molecule has 350 valence electrons. The van der Waals surface area contributed by atoms with Gasteiger partial charge in [0, 0.05) is 43.5 Å². The Kier molecular flexibility index (Phi) is 9.09. The van der Waals surface area contributed by atoms with Crippen LogP contribution in [-0.2, 0) is 10.8 Å². The van der Waals surface area contributed by atoms with Crippen molar-refractivity contribution in [2.75, 3.05) is 0 Å². The maximum Gasteiger partial charge on any atom is 0.144 e. The van der Waals surface area contributed by atoms with Crippen LogP contribution >= 0.6 is 0 Å². The molecule has 2 aliphatic carbocycles. The Bertz CT molecular complexity index is 4030. The number of furan rings is 2. The Labute approximate surface area is 430 Å². The minimum absolute atomic E-state index is 0.402. The van der Waals surface area contributed by atoms with E-state index < -0.39 is 10.8 Å². The van der Waals surface area contributed by atoms with E-state index in [0.29, 0.717) is 0 Å². The summed E-state index contributed by atoms with van der Waals surface area (Å²) in [6.45, 7) is 9.75. The van der Waals surface area contributed by atoms with Crippen molar-refractivity contribution in [3.63, 3.8) is 0 Å². The molecule has 74 heavy (non-hydrogen) atoms. The number of rotatable bonds is 6. The highest BCUT2D eigenvalue weighted by Gasteiger charge is 2.48. The fraction of sp³-hybridized carbons (Fsp3) is 0.0833. The van der Waals surface area contributed by atoms with Crippen LogP contribution in [0, 0.1) is 0 Å². The highest BCUT2D eigenvalue weighted by molar-refractivity contribution is 6.21.